The van der Waals surface area contributed by atoms with E-state index in [1.807, 2.05) is 18.7 Å². The molecule has 0 aromatic heterocycles. The van der Waals surface area contributed by atoms with Crippen molar-refractivity contribution in [3.8, 4) is 0 Å². The summed E-state index contributed by atoms with van der Waals surface area (Å²) in [5, 5.41) is 0.810. The van der Waals surface area contributed by atoms with E-state index in [0.29, 0.717) is 0 Å². The minimum atomic E-state index is 0.810. The van der Waals surface area contributed by atoms with Crippen molar-refractivity contribution in [2.75, 3.05) is 27.2 Å². The van der Waals surface area contributed by atoms with Gasteiger partial charge in [-0.1, -0.05) is 0 Å². The maximum atomic E-state index is 5.95. The number of hydrogen-bond acceptors (Lipinski definition) is 0. The predicted molar refractivity (Wildman–Crippen MR) is 45.9 cm³/mol. The summed E-state index contributed by atoms with van der Waals surface area (Å²) >= 11 is 5.95. The topological polar surface area (TPSA) is 6.25 Å². The number of rotatable bonds is 2. The highest BCUT2D eigenvalue weighted by molar-refractivity contribution is 6.63. The zero-order valence-electron chi connectivity index (χ0n) is 7.19. The lowest BCUT2D eigenvalue weighted by Gasteiger charge is -2.11. The van der Waals surface area contributed by atoms with Crippen LogP contribution in [0.1, 0.15) is 13.8 Å². The first-order valence-electron chi connectivity index (χ1n) is 3.58. The Labute approximate surface area is 68.1 Å². The fourth-order valence-corrected chi connectivity index (χ4v) is 1.01. The Balaban J connectivity index is 4.15. The molecule has 0 spiro atoms. The van der Waals surface area contributed by atoms with Gasteiger partial charge < -0.3 is 0 Å². The highest BCUT2D eigenvalue weighted by atomic mass is 35.5. The maximum Gasteiger partial charge on any atom is 0.344 e. The van der Waals surface area contributed by atoms with Crippen molar-refractivity contribution in [2.24, 2.45) is 0 Å². The first kappa shape index (κ1) is 9.76. The Bertz CT molecular complexity index is 124. The van der Waals surface area contributed by atoms with Gasteiger partial charge in [-0.25, -0.2) is 0 Å². The lowest BCUT2D eigenvalue weighted by atomic mass is 10.6. The Kier molecular flexibility index (Phi) is 4.45. The molecule has 0 unspecified atom stereocenters. The van der Waals surface area contributed by atoms with Gasteiger partial charge in [0.25, 0.3) is 0 Å². The average Bonchev–Trinajstić information content (AvgIpc) is 1.90. The van der Waals surface area contributed by atoms with Gasteiger partial charge in [-0.15, -0.1) is 0 Å². The van der Waals surface area contributed by atoms with E-state index in [1.165, 1.54) is 0 Å². The molecular formula is C7H16ClN2+. The summed E-state index contributed by atoms with van der Waals surface area (Å²) in [5.41, 5.74) is 0. The number of halogens is 1. The summed E-state index contributed by atoms with van der Waals surface area (Å²) in [5.74, 6) is 0. The van der Waals surface area contributed by atoms with Gasteiger partial charge in [0.15, 0.2) is 0 Å². The quantitative estimate of drug-likeness (QED) is 0.257. The molecule has 0 rings (SSSR count). The van der Waals surface area contributed by atoms with Crippen molar-refractivity contribution >= 4 is 16.9 Å². The van der Waals surface area contributed by atoms with Crippen molar-refractivity contribution in [3.63, 3.8) is 0 Å². The Morgan fingerprint density at radius 3 is 1.80 bits per heavy atom. The maximum absolute atomic E-state index is 5.95. The minimum Gasteiger partial charge on any atom is -0.257 e. The molecule has 0 atom stereocenters. The van der Waals surface area contributed by atoms with Crippen LogP contribution < -0.4 is 0 Å². The third-order valence-electron chi connectivity index (χ3n) is 1.39. The van der Waals surface area contributed by atoms with E-state index in [2.05, 4.69) is 18.7 Å². The molecule has 0 aliphatic heterocycles. The Hall–Kier alpha value is -0.240. The van der Waals surface area contributed by atoms with Crippen LogP contribution in [0.5, 0.6) is 0 Å². The third kappa shape index (κ3) is 2.56. The van der Waals surface area contributed by atoms with Gasteiger partial charge in [0.05, 0.1) is 27.2 Å². The first-order valence-corrected chi connectivity index (χ1v) is 3.96. The van der Waals surface area contributed by atoms with Gasteiger partial charge in [-0.3, -0.25) is 9.48 Å². The van der Waals surface area contributed by atoms with Crippen molar-refractivity contribution < 1.29 is 4.58 Å². The van der Waals surface area contributed by atoms with Crippen molar-refractivity contribution in [1.82, 2.24) is 4.90 Å². The summed E-state index contributed by atoms with van der Waals surface area (Å²) in [6, 6.07) is 0. The molecule has 0 aliphatic rings. The molecule has 3 heteroatoms. The van der Waals surface area contributed by atoms with Gasteiger partial charge in [-0.05, 0) is 13.8 Å². The Morgan fingerprint density at radius 2 is 1.70 bits per heavy atom. The van der Waals surface area contributed by atoms with Crippen LogP contribution in [-0.4, -0.2) is 42.0 Å². The molecular weight excluding hydrogens is 148 g/mol. The van der Waals surface area contributed by atoms with Gasteiger partial charge in [0.2, 0.25) is 0 Å². The predicted octanol–water partition coefficient (Wildman–Crippen LogP) is 1.20. The smallest absolute Gasteiger partial charge is 0.257 e. The lowest BCUT2D eigenvalue weighted by molar-refractivity contribution is -0.467. The summed E-state index contributed by atoms with van der Waals surface area (Å²) in [6.07, 6.45) is 0. The molecule has 0 aromatic rings. The largest absolute Gasteiger partial charge is 0.344 e. The average molecular weight is 164 g/mol. The monoisotopic (exact) mass is 163 g/mol. The van der Waals surface area contributed by atoms with Crippen LogP contribution in [-0.2, 0) is 0 Å². The van der Waals surface area contributed by atoms with E-state index < -0.39 is 0 Å². The summed E-state index contributed by atoms with van der Waals surface area (Å²) in [7, 11) is 3.89. The van der Waals surface area contributed by atoms with Gasteiger partial charge in [0, 0.05) is 11.6 Å². The van der Waals surface area contributed by atoms with Crippen LogP contribution in [0.15, 0.2) is 0 Å². The fourth-order valence-electron chi connectivity index (χ4n) is 0.767. The molecule has 10 heavy (non-hydrogen) atoms. The molecule has 0 heterocycles. The van der Waals surface area contributed by atoms with Crippen LogP contribution in [0.3, 0.4) is 0 Å². The summed E-state index contributed by atoms with van der Waals surface area (Å²) < 4.78 is 1.91. The van der Waals surface area contributed by atoms with E-state index in [1.54, 1.807) is 0 Å². The third-order valence-corrected chi connectivity index (χ3v) is 1.97. The van der Waals surface area contributed by atoms with Crippen molar-refractivity contribution in [3.05, 3.63) is 0 Å². The molecule has 60 valence electrons. The van der Waals surface area contributed by atoms with Crippen LogP contribution in [0, 0.1) is 0 Å². The van der Waals surface area contributed by atoms with Crippen LogP contribution in [0.4, 0.5) is 0 Å². The molecule has 0 radical (unpaired) electrons. The van der Waals surface area contributed by atoms with Gasteiger partial charge >= 0.3 is 5.29 Å². The SMILES string of the molecule is CCN(CC)C(Cl)=[N+](C)C. The number of nitrogens with zero attached hydrogens (tertiary/aromatic N) is 2. The molecule has 0 saturated heterocycles. The summed E-state index contributed by atoms with van der Waals surface area (Å²) in [4.78, 5) is 2.10. The molecule has 0 aliphatic carbocycles. The Morgan fingerprint density at radius 1 is 1.30 bits per heavy atom. The first-order chi connectivity index (χ1) is 4.63. The summed E-state index contributed by atoms with van der Waals surface area (Å²) in [6.45, 7) is 6.12. The van der Waals surface area contributed by atoms with Crippen molar-refractivity contribution in [2.45, 2.75) is 13.8 Å². The zero-order valence-corrected chi connectivity index (χ0v) is 7.94. The van der Waals surface area contributed by atoms with E-state index >= 15 is 0 Å². The zero-order chi connectivity index (χ0) is 8.15. The van der Waals surface area contributed by atoms with E-state index in [9.17, 15) is 0 Å². The molecule has 2 nitrogen and oxygen atoms in total. The van der Waals surface area contributed by atoms with Crippen LogP contribution in [0.25, 0.3) is 0 Å². The van der Waals surface area contributed by atoms with Gasteiger partial charge in [0.1, 0.15) is 0 Å². The molecule has 0 N–H and O–H groups in total. The standard InChI is InChI=1S/C7H16ClN2/c1-5-10(6-2)7(8)9(3)4/h5-6H2,1-4H3/q+1. The number of hydrogen-bond donors (Lipinski definition) is 0. The molecule has 0 saturated carbocycles. The normalized spacial score (nSPS) is 9.30. The molecule has 0 fully saturated rings. The highest BCUT2D eigenvalue weighted by Gasteiger charge is 2.11. The van der Waals surface area contributed by atoms with E-state index in [-0.39, 0.29) is 0 Å². The van der Waals surface area contributed by atoms with E-state index in [4.69, 9.17) is 11.6 Å². The molecule has 0 bridgehead atoms. The van der Waals surface area contributed by atoms with Crippen LogP contribution >= 0.6 is 11.6 Å². The number of amidine groups is 1. The van der Waals surface area contributed by atoms with Gasteiger partial charge in [-0.2, -0.15) is 0 Å². The lowest BCUT2D eigenvalue weighted by Crippen LogP contribution is -2.31. The minimum absolute atomic E-state index is 0.810. The molecule has 0 amide bonds. The van der Waals surface area contributed by atoms with E-state index in [0.717, 1.165) is 18.4 Å². The van der Waals surface area contributed by atoms with Crippen LogP contribution in [0.2, 0.25) is 0 Å². The van der Waals surface area contributed by atoms with Crippen molar-refractivity contribution in [1.29, 1.82) is 0 Å². The second-order valence-corrected chi connectivity index (χ2v) is 2.67. The highest BCUT2D eigenvalue weighted by Crippen LogP contribution is 1.93. The fraction of sp³-hybridized carbons (Fsp3) is 0.857. The second kappa shape index (κ2) is 4.56. The second-order valence-electron chi connectivity index (χ2n) is 2.34. The molecule has 0 aromatic carbocycles.